The summed E-state index contributed by atoms with van der Waals surface area (Å²) in [7, 11) is 3.58. The summed E-state index contributed by atoms with van der Waals surface area (Å²) in [5, 5.41) is 5.85. The highest BCUT2D eigenvalue weighted by Gasteiger charge is 2.26. The van der Waals surface area contributed by atoms with Crippen molar-refractivity contribution in [2.45, 2.75) is 58.2 Å². The summed E-state index contributed by atoms with van der Waals surface area (Å²) in [6, 6.07) is 7.63. The highest BCUT2D eigenvalue weighted by atomic mass is 16.2. The van der Waals surface area contributed by atoms with Gasteiger partial charge in [-0.2, -0.15) is 0 Å². The second kappa shape index (κ2) is 8.99. The number of carbonyl (C=O) groups is 2. The molecule has 2 N–H and O–H groups in total. The molecule has 1 aromatic carbocycles. The summed E-state index contributed by atoms with van der Waals surface area (Å²) in [5.74, 6) is 0.574. The van der Waals surface area contributed by atoms with Crippen LogP contribution in [0.3, 0.4) is 0 Å². The molecular weight excluding hydrogens is 314 g/mol. The highest BCUT2D eigenvalue weighted by Crippen LogP contribution is 2.23. The standard InChI is InChI=1S/C20H31N3O2/c1-14-7-5-6-8-18(14)22-19(24)15(2)23(4)13-16-9-11-17(12-10-16)20(25)21-3/h9-12,14-15,18H,5-8,13H2,1-4H3,(H,21,25)(H,22,24)/t14-,15-,18-/m1/s1. The maximum absolute atomic E-state index is 12.6. The van der Waals surface area contributed by atoms with Crippen molar-refractivity contribution < 1.29 is 9.59 Å². The largest absolute Gasteiger partial charge is 0.355 e. The minimum atomic E-state index is -0.187. The Morgan fingerprint density at radius 1 is 1.20 bits per heavy atom. The van der Waals surface area contributed by atoms with Crippen LogP contribution in [0.2, 0.25) is 0 Å². The zero-order valence-electron chi connectivity index (χ0n) is 15.8. The first-order chi connectivity index (χ1) is 11.9. The van der Waals surface area contributed by atoms with E-state index < -0.39 is 0 Å². The second-order valence-corrected chi connectivity index (χ2v) is 7.24. The maximum Gasteiger partial charge on any atom is 0.251 e. The first-order valence-corrected chi connectivity index (χ1v) is 9.24. The Morgan fingerprint density at radius 3 is 2.44 bits per heavy atom. The molecule has 0 unspecified atom stereocenters. The van der Waals surface area contributed by atoms with Crippen molar-refractivity contribution in [3.8, 4) is 0 Å². The Hall–Kier alpha value is -1.88. The fourth-order valence-corrected chi connectivity index (χ4v) is 3.36. The van der Waals surface area contributed by atoms with E-state index in [-0.39, 0.29) is 17.9 Å². The van der Waals surface area contributed by atoms with Crippen molar-refractivity contribution in [2.75, 3.05) is 14.1 Å². The van der Waals surface area contributed by atoms with Gasteiger partial charge in [-0.3, -0.25) is 14.5 Å². The van der Waals surface area contributed by atoms with Crippen molar-refractivity contribution in [1.29, 1.82) is 0 Å². The number of amides is 2. The lowest BCUT2D eigenvalue weighted by atomic mass is 9.86. The average Bonchev–Trinajstić information content (AvgIpc) is 2.62. The summed E-state index contributed by atoms with van der Waals surface area (Å²) >= 11 is 0. The van der Waals surface area contributed by atoms with E-state index >= 15 is 0 Å². The molecule has 1 fully saturated rings. The molecule has 0 spiro atoms. The molecule has 138 valence electrons. The number of rotatable bonds is 6. The maximum atomic E-state index is 12.6. The van der Waals surface area contributed by atoms with Crippen LogP contribution in [0.4, 0.5) is 0 Å². The van der Waals surface area contributed by atoms with Crippen molar-refractivity contribution in [1.82, 2.24) is 15.5 Å². The predicted molar refractivity (Wildman–Crippen MR) is 100 cm³/mol. The zero-order valence-corrected chi connectivity index (χ0v) is 15.8. The molecule has 5 heteroatoms. The van der Waals surface area contributed by atoms with Gasteiger partial charge in [0.2, 0.25) is 5.91 Å². The van der Waals surface area contributed by atoms with Gasteiger partial charge in [0.25, 0.3) is 5.91 Å². The third-order valence-electron chi connectivity index (χ3n) is 5.35. The third-order valence-corrected chi connectivity index (χ3v) is 5.35. The molecule has 1 aliphatic rings. The molecule has 0 heterocycles. The van der Waals surface area contributed by atoms with Gasteiger partial charge in [-0.1, -0.05) is 31.9 Å². The van der Waals surface area contributed by atoms with Crippen LogP contribution in [0, 0.1) is 5.92 Å². The third kappa shape index (κ3) is 5.30. The normalized spacial score (nSPS) is 21.6. The van der Waals surface area contributed by atoms with E-state index in [4.69, 9.17) is 0 Å². The lowest BCUT2D eigenvalue weighted by molar-refractivity contribution is -0.126. The lowest BCUT2D eigenvalue weighted by Crippen LogP contribution is -2.49. The number of likely N-dealkylation sites (N-methyl/N-ethyl adjacent to an activating group) is 1. The Balaban J connectivity index is 1.89. The molecule has 25 heavy (non-hydrogen) atoms. The van der Waals surface area contributed by atoms with E-state index in [1.165, 1.54) is 19.3 Å². The number of nitrogens with zero attached hydrogens (tertiary/aromatic N) is 1. The second-order valence-electron chi connectivity index (χ2n) is 7.24. The summed E-state index contributed by atoms with van der Waals surface area (Å²) in [6.45, 7) is 4.84. The molecule has 2 rings (SSSR count). The fourth-order valence-electron chi connectivity index (χ4n) is 3.36. The van der Waals surface area contributed by atoms with Gasteiger partial charge in [-0.15, -0.1) is 0 Å². The van der Waals surface area contributed by atoms with Crippen LogP contribution in [0.1, 0.15) is 55.5 Å². The number of benzene rings is 1. The van der Waals surface area contributed by atoms with Crippen LogP contribution in [0.25, 0.3) is 0 Å². The fraction of sp³-hybridized carbons (Fsp3) is 0.600. The van der Waals surface area contributed by atoms with Gasteiger partial charge in [0, 0.05) is 25.2 Å². The van der Waals surface area contributed by atoms with E-state index in [1.54, 1.807) is 7.05 Å². The molecule has 0 radical (unpaired) electrons. The van der Waals surface area contributed by atoms with Crippen molar-refractivity contribution >= 4 is 11.8 Å². The molecule has 1 aromatic rings. The van der Waals surface area contributed by atoms with Gasteiger partial charge in [-0.05, 0) is 50.4 Å². The summed E-state index contributed by atoms with van der Waals surface area (Å²) in [4.78, 5) is 26.2. The number of carbonyl (C=O) groups excluding carboxylic acids is 2. The van der Waals surface area contributed by atoms with Gasteiger partial charge in [0.05, 0.1) is 6.04 Å². The van der Waals surface area contributed by atoms with Crippen LogP contribution in [0.5, 0.6) is 0 Å². The monoisotopic (exact) mass is 345 g/mol. The zero-order chi connectivity index (χ0) is 18.4. The van der Waals surface area contributed by atoms with Crippen LogP contribution >= 0.6 is 0 Å². The van der Waals surface area contributed by atoms with E-state index in [0.29, 0.717) is 24.1 Å². The molecule has 0 aromatic heterocycles. The Labute approximate surface area is 151 Å². The van der Waals surface area contributed by atoms with Gasteiger partial charge in [0.15, 0.2) is 0 Å². The molecule has 0 bridgehead atoms. The van der Waals surface area contributed by atoms with Gasteiger partial charge < -0.3 is 10.6 Å². The van der Waals surface area contributed by atoms with Crippen LogP contribution in [-0.4, -0.2) is 42.9 Å². The smallest absolute Gasteiger partial charge is 0.251 e. The van der Waals surface area contributed by atoms with Crippen LogP contribution < -0.4 is 10.6 Å². The SMILES string of the molecule is CNC(=O)c1ccc(CN(C)[C@H](C)C(=O)N[C@@H]2CCCC[C@H]2C)cc1. The Kier molecular flexibility index (Phi) is 7.00. The molecule has 1 aliphatic carbocycles. The van der Waals surface area contributed by atoms with E-state index in [1.807, 2.05) is 43.1 Å². The number of hydrogen-bond donors (Lipinski definition) is 2. The topological polar surface area (TPSA) is 61.4 Å². The van der Waals surface area contributed by atoms with E-state index in [2.05, 4.69) is 17.6 Å². The minimum Gasteiger partial charge on any atom is -0.355 e. The van der Waals surface area contributed by atoms with Gasteiger partial charge >= 0.3 is 0 Å². The Bertz CT molecular complexity index is 585. The number of nitrogens with one attached hydrogen (secondary N) is 2. The summed E-state index contributed by atoms with van der Waals surface area (Å²) < 4.78 is 0. The van der Waals surface area contributed by atoms with Crippen molar-refractivity contribution in [3.63, 3.8) is 0 Å². The van der Waals surface area contributed by atoms with Crippen molar-refractivity contribution in [2.24, 2.45) is 5.92 Å². The highest BCUT2D eigenvalue weighted by molar-refractivity contribution is 5.93. The van der Waals surface area contributed by atoms with Crippen LogP contribution in [-0.2, 0) is 11.3 Å². The molecular formula is C20H31N3O2. The molecule has 2 amide bonds. The first kappa shape index (κ1) is 19.4. The van der Waals surface area contributed by atoms with E-state index in [0.717, 1.165) is 12.0 Å². The molecule has 0 aliphatic heterocycles. The lowest BCUT2D eigenvalue weighted by Gasteiger charge is -2.32. The average molecular weight is 345 g/mol. The quantitative estimate of drug-likeness (QED) is 0.833. The number of hydrogen-bond acceptors (Lipinski definition) is 3. The Morgan fingerprint density at radius 2 is 1.84 bits per heavy atom. The van der Waals surface area contributed by atoms with Crippen molar-refractivity contribution in [3.05, 3.63) is 35.4 Å². The minimum absolute atomic E-state index is 0.0887. The predicted octanol–water partition coefficient (Wildman–Crippen LogP) is 2.56. The van der Waals surface area contributed by atoms with E-state index in [9.17, 15) is 9.59 Å². The summed E-state index contributed by atoms with van der Waals surface area (Å²) in [6.07, 6.45) is 4.77. The van der Waals surface area contributed by atoms with Crippen LogP contribution in [0.15, 0.2) is 24.3 Å². The molecule has 0 saturated heterocycles. The first-order valence-electron chi connectivity index (χ1n) is 9.24. The molecule has 3 atom stereocenters. The van der Waals surface area contributed by atoms with Gasteiger partial charge in [-0.25, -0.2) is 0 Å². The molecule has 5 nitrogen and oxygen atoms in total. The molecule has 1 saturated carbocycles. The van der Waals surface area contributed by atoms with Gasteiger partial charge in [0.1, 0.15) is 0 Å². The summed E-state index contributed by atoms with van der Waals surface area (Å²) in [5.41, 5.74) is 1.73.